The largest absolute Gasteiger partial charge is 0.302 e. The fourth-order valence-electron chi connectivity index (χ4n) is 2.37. The number of rotatable bonds is 6. The van der Waals surface area contributed by atoms with E-state index in [1.165, 1.54) is 18.9 Å². The van der Waals surface area contributed by atoms with E-state index >= 15 is 0 Å². The van der Waals surface area contributed by atoms with Crippen molar-refractivity contribution in [3.05, 3.63) is 41.3 Å². The van der Waals surface area contributed by atoms with Gasteiger partial charge in [0, 0.05) is 17.7 Å². The molecule has 0 saturated carbocycles. The summed E-state index contributed by atoms with van der Waals surface area (Å²) >= 11 is 0. The van der Waals surface area contributed by atoms with Crippen LogP contribution >= 0.6 is 0 Å². The van der Waals surface area contributed by atoms with Crippen LogP contribution in [0.5, 0.6) is 0 Å². The Morgan fingerprint density at radius 3 is 2.85 bits per heavy atom. The maximum atomic E-state index is 13.2. The van der Waals surface area contributed by atoms with Crippen molar-refractivity contribution >= 4 is 0 Å². The van der Waals surface area contributed by atoms with Gasteiger partial charge in [-0.1, -0.05) is 13.3 Å². The second-order valence-electron chi connectivity index (χ2n) is 5.32. The van der Waals surface area contributed by atoms with Crippen molar-refractivity contribution < 1.29 is 4.39 Å². The Labute approximate surface area is 119 Å². The molecule has 0 unspecified atom stereocenters. The van der Waals surface area contributed by atoms with E-state index in [1.807, 2.05) is 19.2 Å². The molecule has 0 radical (unpaired) electrons. The molecule has 0 spiro atoms. The summed E-state index contributed by atoms with van der Waals surface area (Å²) in [5, 5.41) is 7.19. The molecule has 108 valence electrons. The van der Waals surface area contributed by atoms with Gasteiger partial charge in [-0.05, 0) is 50.7 Å². The average Bonchev–Trinajstić information content (AvgIpc) is 2.84. The third-order valence-electron chi connectivity index (χ3n) is 3.51. The van der Waals surface area contributed by atoms with Crippen LogP contribution < -0.4 is 0 Å². The van der Waals surface area contributed by atoms with E-state index in [-0.39, 0.29) is 5.82 Å². The van der Waals surface area contributed by atoms with E-state index in [9.17, 15) is 4.39 Å². The van der Waals surface area contributed by atoms with Crippen molar-refractivity contribution in [3.8, 4) is 11.3 Å². The summed E-state index contributed by atoms with van der Waals surface area (Å²) in [7, 11) is 2.12. The maximum Gasteiger partial charge on any atom is 0.123 e. The van der Waals surface area contributed by atoms with Gasteiger partial charge in [0.1, 0.15) is 5.82 Å². The number of aromatic amines is 1. The normalized spacial score (nSPS) is 11.2. The van der Waals surface area contributed by atoms with E-state index in [0.29, 0.717) is 0 Å². The number of nitrogens with zero attached hydrogens (tertiary/aromatic N) is 2. The molecule has 2 aromatic rings. The minimum absolute atomic E-state index is 0.202. The number of nitrogens with one attached hydrogen (secondary N) is 1. The van der Waals surface area contributed by atoms with Gasteiger partial charge in [-0.2, -0.15) is 5.10 Å². The highest BCUT2D eigenvalue weighted by atomic mass is 19.1. The minimum Gasteiger partial charge on any atom is -0.302 e. The van der Waals surface area contributed by atoms with Crippen LogP contribution in [-0.4, -0.2) is 28.7 Å². The van der Waals surface area contributed by atoms with Crippen molar-refractivity contribution in [3.63, 3.8) is 0 Å². The summed E-state index contributed by atoms with van der Waals surface area (Å²) in [4.78, 5) is 2.29. The first-order chi connectivity index (χ1) is 9.61. The second kappa shape index (κ2) is 6.66. The lowest BCUT2D eigenvalue weighted by Gasteiger charge is -2.16. The SMILES string of the molecule is CCCCN(C)Cc1cn[nH]c1-c1ccc(F)cc1C. The van der Waals surface area contributed by atoms with Crippen LogP contribution in [0.25, 0.3) is 11.3 Å². The number of H-pyrrole nitrogens is 1. The Morgan fingerprint density at radius 2 is 2.15 bits per heavy atom. The highest BCUT2D eigenvalue weighted by Crippen LogP contribution is 2.26. The molecule has 1 aromatic carbocycles. The monoisotopic (exact) mass is 275 g/mol. The van der Waals surface area contributed by atoms with E-state index in [2.05, 4.69) is 29.1 Å². The van der Waals surface area contributed by atoms with Crippen molar-refractivity contribution in [2.75, 3.05) is 13.6 Å². The molecule has 0 fully saturated rings. The van der Waals surface area contributed by atoms with Crippen molar-refractivity contribution in [1.82, 2.24) is 15.1 Å². The van der Waals surface area contributed by atoms with Crippen LogP contribution in [-0.2, 0) is 6.54 Å². The molecule has 3 nitrogen and oxygen atoms in total. The molecule has 1 aromatic heterocycles. The first-order valence-electron chi connectivity index (χ1n) is 7.09. The second-order valence-corrected chi connectivity index (χ2v) is 5.32. The zero-order valence-corrected chi connectivity index (χ0v) is 12.4. The molecular weight excluding hydrogens is 253 g/mol. The molecular formula is C16H22FN3. The molecule has 20 heavy (non-hydrogen) atoms. The fraction of sp³-hybridized carbons (Fsp3) is 0.438. The number of hydrogen-bond acceptors (Lipinski definition) is 2. The molecule has 4 heteroatoms. The lowest BCUT2D eigenvalue weighted by Crippen LogP contribution is -2.19. The number of aryl methyl sites for hydroxylation is 1. The highest BCUT2D eigenvalue weighted by molar-refractivity contribution is 5.66. The number of aromatic nitrogens is 2. The first-order valence-corrected chi connectivity index (χ1v) is 7.09. The molecule has 0 bridgehead atoms. The van der Waals surface area contributed by atoms with Gasteiger partial charge in [0.15, 0.2) is 0 Å². The van der Waals surface area contributed by atoms with E-state index in [4.69, 9.17) is 0 Å². The van der Waals surface area contributed by atoms with Gasteiger partial charge in [-0.25, -0.2) is 4.39 Å². The van der Waals surface area contributed by atoms with Gasteiger partial charge in [0.05, 0.1) is 11.9 Å². The summed E-state index contributed by atoms with van der Waals surface area (Å²) < 4.78 is 13.2. The standard InChI is InChI=1S/C16H22FN3/c1-4-5-8-20(3)11-13-10-18-19-16(13)15-7-6-14(17)9-12(15)2/h6-7,9-10H,4-5,8,11H2,1-3H3,(H,18,19). The summed E-state index contributed by atoms with van der Waals surface area (Å²) in [6.07, 6.45) is 4.25. The van der Waals surface area contributed by atoms with Gasteiger partial charge in [-0.3, -0.25) is 5.10 Å². The van der Waals surface area contributed by atoms with Crippen molar-refractivity contribution in [1.29, 1.82) is 0 Å². The zero-order chi connectivity index (χ0) is 14.5. The molecule has 0 atom stereocenters. The van der Waals surface area contributed by atoms with Crippen LogP contribution in [0.3, 0.4) is 0 Å². The van der Waals surface area contributed by atoms with Crippen molar-refractivity contribution in [2.45, 2.75) is 33.2 Å². The highest BCUT2D eigenvalue weighted by Gasteiger charge is 2.12. The van der Waals surface area contributed by atoms with Crippen molar-refractivity contribution in [2.24, 2.45) is 0 Å². The third kappa shape index (κ3) is 3.45. The molecule has 0 amide bonds. The topological polar surface area (TPSA) is 31.9 Å². The number of hydrogen-bond donors (Lipinski definition) is 1. The lowest BCUT2D eigenvalue weighted by molar-refractivity contribution is 0.321. The Bertz CT molecular complexity index is 563. The Kier molecular flexibility index (Phi) is 4.90. The molecule has 0 aliphatic carbocycles. The lowest BCUT2D eigenvalue weighted by atomic mass is 10.0. The third-order valence-corrected chi connectivity index (χ3v) is 3.51. The quantitative estimate of drug-likeness (QED) is 0.870. The molecule has 1 N–H and O–H groups in total. The molecule has 0 aliphatic rings. The molecule has 2 rings (SSSR count). The van der Waals surface area contributed by atoms with Gasteiger partial charge in [0.2, 0.25) is 0 Å². The Balaban J connectivity index is 2.20. The van der Waals surface area contributed by atoms with Gasteiger partial charge in [-0.15, -0.1) is 0 Å². The number of unbranched alkanes of at least 4 members (excludes halogenated alkanes) is 1. The van der Waals surface area contributed by atoms with E-state index < -0.39 is 0 Å². The van der Waals surface area contributed by atoms with Gasteiger partial charge < -0.3 is 4.90 Å². The van der Waals surface area contributed by atoms with Crippen LogP contribution in [0.2, 0.25) is 0 Å². The Morgan fingerprint density at radius 1 is 1.35 bits per heavy atom. The van der Waals surface area contributed by atoms with Gasteiger partial charge >= 0.3 is 0 Å². The van der Waals surface area contributed by atoms with Gasteiger partial charge in [0.25, 0.3) is 0 Å². The predicted octanol–water partition coefficient (Wildman–Crippen LogP) is 3.76. The van der Waals surface area contributed by atoms with E-state index in [1.54, 1.807) is 6.07 Å². The summed E-state index contributed by atoms with van der Waals surface area (Å²) in [5.41, 5.74) is 4.08. The van der Waals surface area contributed by atoms with Crippen LogP contribution in [0.1, 0.15) is 30.9 Å². The fourth-order valence-corrected chi connectivity index (χ4v) is 2.37. The molecule has 0 saturated heterocycles. The number of halogens is 1. The first kappa shape index (κ1) is 14.7. The van der Waals surface area contributed by atoms with Crippen LogP contribution in [0.4, 0.5) is 4.39 Å². The minimum atomic E-state index is -0.202. The summed E-state index contributed by atoms with van der Waals surface area (Å²) in [6, 6.07) is 4.86. The van der Waals surface area contributed by atoms with Crippen LogP contribution in [0.15, 0.2) is 24.4 Å². The summed E-state index contributed by atoms with van der Waals surface area (Å²) in [6.45, 7) is 6.04. The Hall–Kier alpha value is -1.68. The zero-order valence-electron chi connectivity index (χ0n) is 12.4. The average molecular weight is 275 g/mol. The van der Waals surface area contributed by atoms with Crippen LogP contribution in [0, 0.1) is 12.7 Å². The maximum absolute atomic E-state index is 13.2. The summed E-state index contributed by atoms with van der Waals surface area (Å²) in [5.74, 6) is -0.202. The smallest absolute Gasteiger partial charge is 0.123 e. The predicted molar refractivity (Wildman–Crippen MR) is 80.0 cm³/mol. The molecule has 1 heterocycles. The molecule has 0 aliphatic heterocycles. The number of benzene rings is 1. The van der Waals surface area contributed by atoms with E-state index in [0.717, 1.165) is 35.5 Å².